The molecule has 1 saturated carbocycles. The van der Waals surface area contributed by atoms with Gasteiger partial charge in [-0.05, 0) is 44.0 Å². The lowest BCUT2D eigenvalue weighted by atomic mass is 10.1. The second-order valence-corrected chi connectivity index (χ2v) is 8.31. The lowest BCUT2D eigenvalue weighted by Gasteiger charge is -2.17. The third kappa shape index (κ3) is 7.79. The molecule has 26 heavy (non-hydrogen) atoms. The van der Waals surface area contributed by atoms with Crippen LogP contribution in [0.5, 0.6) is 0 Å². The molecular formula is C20H31N3O2S. The maximum Gasteiger partial charge on any atom is 0.233 e. The van der Waals surface area contributed by atoms with E-state index in [1.807, 2.05) is 31.2 Å². The van der Waals surface area contributed by atoms with Gasteiger partial charge in [0.15, 0.2) is 0 Å². The molecule has 0 radical (unpaired) electrons. The molecule has 3 N–H and O–H groups in total. The number of rotatable bonds is 8. The lowest BCUT2D eigenvalue weighted by Crippen LogP contribution is -2.39. The van der Waals surface area contributed by atoms with Gasteiger partial charge in [-0.1, -0.05) is 25.7 Å². The topological polar surface area (TPSA) is 70.2 Å². The van der Waals surface area contributed by atoms with Gasteiger partial charge in [-0.3, -0.25) is 9.59 Å². The first-order valence-corrected chi connectivity index (χ1v) is 10.5. The molecule has 0 heterocycles. The van der Waals surface area contributed by atoms with Crippen LogP contribution in [0.2, 0.25) is 0 Å². The maximum absolute atomic E-state index is 12.2. The van der Waals surface area contributed by atoms with Crippen molar-refractivity contribution in [2.75, 3.05) is 18.4 Å². The summed E-state index contributed by atoms with van der Waals surface area (Å²) in [4.78, 5) is 24.3. The van der Waals surface area contributed by atoms with Crippen LogP contribution in [-0.4, -0.2) is 36.2 Å². The highest BCUT2D eigenvalue weighted by Crippen LogP contribution is 2.24. The van der Waals surface area contributed by atoms with Crippen LogP contribution in [0, 0.1) is 0 Å². The predicted molar refractivity (Wildman–Crippen MR) is 109 cm³/mol. The van der Waals surface area contributed by atoms with E-state index in [2.05, 4.69) is 16.0 Å². The van der Waals surface area contributed by atoms with Gasteiger partial charge in [0.05, 0.1) is 5.25 Å². The minimum absolute atomic E-state index is 0.0589. The molecule has 1 aliphatic carbocycles. The Morgan fingerprint density at radius 2 is 1.73 bits per heavy atom. The van der Waals surface area contributed by atoms with E-state index >= 15 is 0 Å². The van der Waals surface area contributed by atoms with Crippen LogP contribution in [0.3, 0.4) is 0 Å². The molecule has 0 spiro atoms. The zero-order valence-electron chi connectivity index (χ0n) is 15.8. The van der Waals surface area contributed by atoms with Crippen LogP contribution in [0.15, 0.2) is 29.2 Å². The molecule has 1 atom stereocenters. The number of hydrogen-bond acceptors (Lipinski definition) is 4. The quantitative estimate of drug-likeness (QED) is 0.368. The second kappa shape index (κ2) is 11.2. The van der Waals surface area contributed by atoms with Crippen LogP contribution >= 0.6 is 11.8 Å². The number of hydrogen-bond donors (Lipinski definition) is 3. The molecule has 0 aliphatic heterocycles. The summed E-state index contributed by atoms with van der Waals surface area (Å²) in [7, 11) is 0. The van der Waals surface area contributed by atoms with Gasteiger partial charge in [0, 0.05) is 36.6 Å². The Balaban J connectivity index is 1.66. The van der Waals surface area contributed by atoms with Crippen molar-refractivity contribution in [3.8, 4) is 0 Å². The summed E-state index contributed by atoms with van der Waals surface area (Å²) in [6.07, 6.45) is 7.87. The van der Waals surface area contributed by atoms with Crippen molar-refractivity contribution < 1.29 is 9.59 Å². The molecule has 5 nitrogen and oxygen atoms in total. The molecular weight excluding hydrogens is 346 g/mol. The molecule has 0 bridgehead atoms. The standard InChI is InChI=1S/C20H31N3O2S/c1-15(26-19-11-9-18(10-12-19)23-16(2)24)20(25)22-14-13-21-17-7-5-3-4-6-8-17/h9-12,15,17,21H,3-8,13-14H2,1-2H3,(H,22,25)(H,23,24). The summed E-state index contributed by atoms with van der Waals surface area (Å²) in [5.41, 5.74) is 0.767. The van der Waals surface area contributed by atoms with Gasteiger partial charge in [0.25, 0.3) is 0 Å². The highest BCUT2D eigenvalue weighted by Gasteiger charge is 2.15. The van der Waals surface area contributed by atoms with E-state index in [0.717, 1.165) is 17.1 Å². The third-order valence-electron chi connectivity index (χ3n) is 4.57. The van der Waals surface area contributed by atoms with E-state index in [-0.39, 0.29) is 17.1 Å². The number of thioether (sulfide) groups is 1. The van der Waals surface area contributed by atoms with E-state index < -0.39 is 0 Å². The van der Waals surface area contributed by atoms with E-state index in [0.29, 0.717) is 12.6 Å². The lowest BCUT2D eigenvalue weighted by molar-refractivity contribution is -0.120. The first kappa shape index (κ1) is 20.8. The Hall–Kier alpha value is -1.53. The minimum atomic E-state index is -0.153. The number of carbonyl (C=O) groups excluding carboxylic acids is 2. The summed E-state index contributed by atoms with van der Waals surface area (Å²) in [6.45, 7) is 4.90. The highest BCUT2D eigenvalue weighted by molar-refractivity contribution is 8.00. The van der Waals surface area contributed by atoms with Crippen LogP contribution in [0.4, 0.5) is 5.69 Å². The fourth-order valence-corrected chi connectivity index (χ4v) is 4.06. The number of anilines is 1. The first-order chi connectivity index (χ1) is 12.5. The smallest absolute Gasteiger partial charge is 0.233 e. The molecule has 0 aromatic heterocycles. The predicted octanol–water partition coefficient (Wildman–Crippen LogP) is 3.55. The van der Waals surface area contributed by atoms with Gasteiger partial charge >= 0.3 is 0 Å². The fourth-order valence-electron chi connectivity index (χ4n) is 3.17. The monoisotopic (exact) mass is 377 g/mol. The highest BCUT2D eigenvalue weighted by atomic mass is 32.2. The van der Waals surface area contributed by atoms with E-state index in [9.17, 15) is 9.59 Å². The summed E-state index contributed by atoms with van der Waals surface area (Å²) < 4.78 is 0. The number of benzene rings is 1. The molecule has 1 fully saturated rings. The SMILES string of the molecule is CC(=O)Nc1ccc(SC(C)C(=O)NCCNC2CCCCCC2)cc1. The molecule has 144 valence electrons. The van der Waals surface area contributed by atoms with Gasteiger partial charge in [-0.15, -0.1) is 11.8 Å². The van der Waals surface area contributed by atoms with Crippen molar-refractivity contribution in [3.05, 3.63) is 24.3 Å². The third-order valence-corrected chi connectivity index (χ3v) is 5.68. The Kier molecular flexibility index (Phi) is 8.98. The largest absolute Gasteiger partial charge is 0.354 e. The van der Waals surface area contributed by atoms with Crippen LogP contribution in [0.1, 0.15) is 52.4 Å². The molecule has 1 unspecified atom stereocenters. The molecule has 1 aliphatic rings. The van der Waals surface area contributed by atoms with Gasteiger partial charge in [-0.2, -0.15) is 0 Å². The Morgan fingerprint density at radius 1 is 1.08 bits per heavy atom. The summed E-state index contributed by atoms with van der Waals surface area (Å²) >= 11 is 1.52. The average molecular weight is 378 g/mol. The van der Waals surface area contributed by atoms with Gasteiger partial charge in [0.2, 0.25) is 11.8 Å². The Labute approximate surface area is 161 Å². The Bertz CT molecular complexity index is 569. The maximum atomic E-state index is 12.2. The van der Waals surface area contributed by atoms with Gasteiger partial charge in [0.1, 0.15) is 0 Å². The van der Waals surface area contributed by atoms with Crippen molar-refractivity contribution in [1.29, 1.82) is 0 Å². The van der Waals surface area contributed by atoms with Crippen molar-refractivity contribution >= 4 is 29.3 Å². The average Bonchev–Trinajstić information content (AvgIpc) is 2.88. The van der Waals surface area contributed by atoms with Crippen LogP contribution < -0.4 is 16.0 Å². The second-order valence-electron chi connectivity index (χ2n) is 6.90. The van der Waals surface area contributed by atoms with Gasteiger partial charge in [-0.25, -0.2) is 0 Å². The van der Waals surface area contributed by atoms with Gasteiger partial charge < -0.3 is 16.0 Å². The van der Waals surface area contributed by atoms with E-state index in [1.165, 1.54) is 57.2 Å². The van der Waals surface area contributed by atoms with Crippen molar-refractivity contribution in [2.24, 2.45) is 0 Å². The number of carbonyl (C=O) groups is 2. The molecule has 1 aromatic carbocycles. The van der Waals surface area contributed by atoms with Crippen LogP contribution in [0.25, 0.3) is 0 Å². The first-order valence-electron chi connectivity index (χ1n) is 9.60. The van der Waals surface area contributed by atoms with E-state index in [1.54, 1.807) is 0 Å². The van der Waals surface area contributed by atoms with E-state index in [4.69, 9.17) is 0 Å². The summed E-state index contributed by atoms with van der Waals surface area (Å²) in [5, 5.41) is 9.17. The normalized spacial score (nSPS) is 16.5. The summed E-state index contributed by atoms with van der Waals surface area (Å²) in [5.74, 6) is -0.0285. The Morgan fingerprint density at radius 3 is 2.35 bits per heavy atom. The number of nitrogens with one attached hydrogen (secondary N) is 3. The zero-order valence-corrected chi connectivity index (χ0v) is 16.7. The number of amides is 2. The molecule has 1 aromatic rings. The molecule has 2 amide bonds. The van der Waals surface area contributed by atoms with Crippen molar-refractivity contribution in [2.45, 2.75) is 68.6 Å². The zero-order chi connectivity index (χ0) is 18.8. The molecule has 6 heteroatoms. The fraction of sp³-hybridized carbons (Fsp3) is 0.600. The summed E-state index contributed by atoms with van der Waals surface area (Å²) in [6, 6.07) is 8.17. The van der Waals surface area contributed by atoms with Crippen molar-refractivity contribution in [1.82, 2.24) is 10.6 Å². The minimum Gasteiger partial charge on any atom is -0.354 e. The molecule has 0 saturated heterocycles. The van der Waals surface area contributed by atoms with Crippen LogP contribution in [-0.2, 0) is 9.59 Å². The molecule has 2 rings (SSSR count). The van der Waals surface area contributed by atoms with Crippen molar-refractivity contribution in [3.63, 3.8) is 0 Å².